The topological polar surface area (TPSA) is 170 Å². The van der Waals surface area contributed by atoms with Crippen molar-refractivity contribution in [1.82, 2.24) is 25.9 Å². The second-order valence-corrected chi connectivity index (χ2v) is 6.26. The van der Waals surface area contributed by atoms with Crippen molar-refractivity contribution in [3.63, 3.8) is 0 Å². The molecule has 0 fully saturated rings. The number of nitro groups is 1. The predicted molar refractivity (Wildman–Crippen MR) is 104 cm³/mol. The quantitative estimate of drug-likeness (QED) is 0.0442. The lowest BCUT2D eigenvalue weighted by atomic mass is 10.4. The van der Waals surface area contributed by atoms with Crippen LogP contribution in [0.1, 0.15) is 11.4 Å². The second kappa shape index (κ2) is 13.0. The number of carbonyl (C=O) groups is 1. The van der Waals surface area contributed by atoms with Gasteiger partial charge in [-0.05, 0) is 6.92 Å². The number of carbonyl (C=O) groups excluding carboxylic acids is 1. The van der Waals surface area contributed by atoms with Gasteiger partial charge in [0.2, 0.25) is 5.96 Å². The van der Waals surface area contributed by atoms with Crippen molar-refractivity contribution in [3.05, 3.63) is 39.7 Å². The van der Waals surface area contributed by atoms with Crippen molar-refractivity contribution in [3.8, 4) is 6.19 Å². The number of esters is 1. The number of aryl methyl sites for hydroxylation is 1. The molecule has 0 amide bonds. The van der Waals surface area contributed by atoms with Gasteiger partial charge in [0.25, 0.3) is 0 Å². The summed E-state index contributed by atoms with van der Waals surface area (Å²) < 4.78 is 4.32. The Morgan fingerprint density at radius 2 is 2.36 bits per heavy atom. The number of aromatic nitrogens is 2. The third-order valence-electron chi connectivity index (χ3n) is 3.24. The summed E-state index contributed by atoms with van der Waals surface area (Å²) in [6.07, 6.45) is 4.41. The highest BCUT2D eigenvalue weighted by atomic mass is 32.2. The maximum Gasteiger partial charge on any atom is 0.411 e. The molecule has 13 heteroatoms. The number of ether oxygens (including phenoxy) is 1. The van der Waals surface area contributed by atoms with Crippen LogP contribution in [0.3, 0.4) is 0 Å². The summed E-state index contributed by atoms with van der Waals surface area (Å²) >= 11 is 1.67. The van der Waals surface area contributed by atoms with Crippen LogP contribution in [0.15, 0.2) is 23.2 Å². The Morgan fingerprint density at radius 3 is 2.96 bits per heavy atom. The van der Waals surface area contributed by atoms with Crippen molar-refractivity contribution in [1.29, 1.82) is 5.26 Å². The monoisotopic (exact) mass is 410 g/mol. The third-order valence-corrected chi connectivity index (χ3v) is 4.19. The van der Waals surface area contributed by atoms with Gasteiger partial charge < -0.3 is 20.4 Å². The molecule has 28 heavy (non-hydrogen) atoms. The lowest BCUT2D eigenvalue weighted by Gasteiger charge is -2.08. The van der Waals surface area contributed by atoms with E-state index >= 15 is 0 Å². The summed E-state index contributed by atoms with van der Waals surface area (Å²) in [5.74, 6) is 0.777. The lowest BCUT2D eigenvalue weighted by Crippen LogP contribution is -2.38. The fraction of sp³-hybridized carbons (Fsp3) is 0.467. The maximum atomic E-state index is 11.2. The molecule has 1 heterocycles. The van der Waals surface area contributed by atoms with Crippen molar-refractivity contribution < 1.29 is 14.5 Å². The van der Waals surface area contributed by atoms with Crippen molar-refractivity contribution in [2.24, 2.45) is 4.99 Å². The molecule has 12 nitrogen and oxygen atoms in total. The van der Waals surface area contributed by atoms with E-state index in [0.717, 1.165) is 36.2 Å². The van der Waals surface area contributed by atoms with Gasteiger partial charge in [-0.15, -0.1) is 0 Å². The highest BCUT2D eigenvalue weighted by molar-refractivity contribution is 7.98. The molecule has 0 aromatic carbocycles. The van der Waals surface area contributed by atoms with E-state index in [0.29, 0.717) is 19.0 Å². The van der Waals surface area contributed by atoms with E-state index in [-0.39, 0.29) is 6.54 Å². The van der Waals surface area contributed by atoms with Crippen molar-refractivity contribution in [2.75, 3.05) is 32.5 Å². The second-order valence-electron chi connectivity index (χ2n) is 5.15. The fourth-order valence-corrected chi connectivity index (χ4v) is 2.68. The fourth-order valence-electron chi connectivity index (χ4n) is 1.83. The van der Waals surface area contributed by atoms with Gasteiger partial charge in [0, 0.05) is 30.3 Å². The van der Waals surface area contributed by atoms with Crippen LogP contribution in [0.5, 0.6) is 0 Å². The molecular weight excluding hydrogens is 388 g/mol. The van der Waals surface area contributed by atoms with Gasteiger partial charge in [0.15, 0.2) is 6.19 Å². The van der Waals surface area contributed by atoms with Crippen LogP contribution in [-0.4, -0.2) is 59.3 Å². The first-order chi connectivity index (χ1) is 13.5. The predicted octanol–water partition coefficient (Wildman–Crippen LogP) is -0.152. The molecule has 0 bridgehead atoms. The van der Waals surface area contributed by atoms with Gasteiger partial charge in [-0.3, -0.25) is 20.4 Å². The van der Waals surface area contributed by atoms with E-state index < -0.39 is 16.6 Å². The number of aromatic amines is 1. The summed E-state index contributed by atoms with van der Waals surface area (Å²) in [5.41, 5.74) is 1.34. The molecule has 1 aromatic rings. The van der Waals surface area contributed by atoms with Gasteiger partial charge in [0.05, 0.1) is 36.8 Å². The van der Waals surface area contributed by atoms with E-state index in [4.69, 9.17) is 5.26 Å². The Hall–Kier alpha value is -3.27. The molecule has 0 aliphatic carbocycles. The summed E-state index contributed by atoms with van der Waals surface area (Å²) in [6, 6.07) is 0. The average molecular weight is 410 g/mol. The van der Waals surface area contributed by atoms with Crippen LogP contribution in [0.25, 0.3) is 0 Å². The first kappa shape index (κ1) is 22.8. The Bertz CT molecular complexity index is 755. The summed E-state index contributed by atoms with van der Waals surface area (Å²) in [5, 5.41) is 27.5. The number of methoxy groups -OCH3 is 1. The number of guanidine groups is 1. The minimum atomic E-state index is -1.04. The van der Waals surface area contributed by atoms with Gasteiger partial charge in [-0.1, -0.05) is 0 Å². The minimum absolute atomic E-state index is 0.258. The van der Waals surface area contributed by atoms with Crippen LogP contribution in [0.2, 0.25) is 0 Å². The summed E-state index contributed by atoms with van der Waals surface area (Å²) in [6.45, 7) is 3.03. The number of thioether (sulfide) groups is 1. The van der Waals surface area contributed by atoms with Crippen LogP contribution in [0, 0.1) is 28.5 Å². The molecule has 4 N–H and O–H groups in total. The highest BCUT2D eigenvalue weighted by Gasteiger charge is 2.22. The standard InChI is InChI=1S/C15H22N8O4S/c1-11-12(22-10-21-11)8-28-6-5-19-15(20-9-16)18-4-3-17-7-13(23(25)26)14(24)27-2/h7,10,17H,3-6,8H2,1-2H3,(H,21,22)(H2,18,19,20)/b13-7+. The van der Waals surface area contributed by atoms with E-state index in [2.05, 4.69) is 35.6 Å². The van der Waals surface area contributed by atoms with E-state index in [9.17, 15) is 14.9 Å². The Balaban J connectivity index is 2.34. The Kier molecular flexibility index (Phi) is 10.6. The first-order valence-corrected chi connectivity index (χ1v) is 9.31. The average Bonchev–Trinajstić information content (AvgIpc) is 3.08. The molecule has 0 unspecified atom stereocenters. The highest BCUT2D eigenvalue weighted by Crippen LogP contribution is 2.11. The number of aliphatic imine (C=N–C) groups is 1. The number of H-pyrrole nitrogens is 1. The molecule has 0 saturated heterocycles. The molecule has 0 aliphatic heterocycles. The number of nitrogens with zero attached hydrogens (tertiary/aromatic N) is 4. The largest absolute Gasteiger partial charge is 0.461 e. The Labute approximate surface area is 166 Å². The zero-order chi connectivity index (χ0) is 20.8. The SMILES string of the molecule is COC(=O)/C(=C\NCCNC(=NCCSCc1nc[nH]c1C)NC#N)[N+](=O)[O-]. The molecule has 0 aliphatic rings. The van der Waals surface area contributed by atoms with Crippen LogP contribution >= 0.6 is 11.8 Å². The van der Waals surface area contributed by atoms with Crippen LogP contribution in [-0.2, 0) is 15.3 Å². The summed E-state index contributed by atoms with van der Waals surface area (Å²) in [7, 11) is 1.06. The normalized spacial score (nSPS) is 11.5. The van der Waals surface area contributed by atoms with Crippen LogP contribution < -0.4 is 16.0 Å². The van der Waals surface area contributed by atoms with E-state index in [1.807, 2.05) is 6.92 Å². The number of hydrogen-bond donors (Lipinski definition) is 4. The zero-order valence-electron chi connectivity index (χ0n) is 15.5. The smallest absolute Gasteiger partial charge is 0.411 e. The van der Waals surface area contributed by atoms with Gasteiger partial charge >= 0.3 is 11.7 Å². The summed E-state index contributed by atoms with van der Waals surface area (Å²) in [4.78, 5) is 32.6. The maximum absolute atomic E-state index is 11.2. The third kappa shape index (κ3) is 8.41. The number of nitrogens with one attached hydrogen (secondary N) is 4. The first-order valence-electron chi connectivity index (χ1n) is 8.15. The van der Waals surface area contributed by atoms with Gasteiger partial charge in [-0.2, -0.15) is 17.0 Å². The molecule has 0 saturated carbocycles. The van der Waals surface area contributed by atoms with Crippen molar-refractivity contribution in [2.45, 2.75) is 12.7 Å². The van der Waals surface area contributed by atoms with E-state index in [1.165, 1.54) is 0 Å². The lowest BCUT2D eigenvalue weighted by molar-refractivity contribution is -0.421. The molecular formula is C15H22N8O4S. The van der Waals surface area contributed by atoms with E-state index in [1.54, 1.807) is 24.3 Å². The molecule has 152 valence electrons. The molecule has 0 spiro atoms. The molecule has 0 atom stereocenters. The number of imidazole rings is 1. The van der Waals surface area contributed by atoms with Gasteiger partial charge in [-0.25, -0.2) is 9.78 Å². The van der Waals surface area contributed by atoms with Crippen molar-refractivity contribution >= 4 is 23.7 Å². The number of rotatable bonds is 11. The van der Waals surface area contributed by atoms with Gasteiger partial charge in [0.1, 0.15) is 0 Å². The molecule has 1 aromatic heterocycles. The van der Waals surface area contributed by atoms with Crippen LogP contribution in [0.4, 0.5) is 0 Å². The molecule has 0 radical (unpaired) electrons. The Morgan fingerprint density at radius 1 is 1.57 bits per heavy atom. The number of hydrogen-bond acceptors (Lipinski definition) is 9. The minimum Gasteiger partial charge on any atom is -0.461 e. The zero-order valence-corrected chi connectivity index (χ0v) is 16.3. The number of nitriles is 1. The molecule has 1 rings (SSSR count).